The Labute approximate surface area is 131 Å². The van der Waals surface area contributed by atoms with Gasteiger partial charge in [0.15, 0.2) is 11.5 Å². The number of fused-ring (bicyclic) bond motifs is 1. The number of rotatable bonds is 3. The Morgan fingerprint density at radius 3 is 1.91 bits per heavy atom. The molecule has 0 aromatic heterocycles. The van der Waals surface area contributed by atoms with Crippen molar-refractivity contribution in [3.63, 3.8) is 0 Å². The molecule has 0 saturated heterocycles. The molecule has 0 bridgehead atoms. The maximum absolute atomic E-state index is 5.75. The number of hydrogen-bond donors (Lipinski definition) is 0. The van der Waals surface area contributed by atoms with Crippen LogP contribution in [0.25, 0.3) is 0 Å². The third kappa shape index (κ3) is 2.36. The molecule has 2 nitrogen and oxygen atoms in total. The fraction of sp³-hybridized carbons (Fsp3) is 0.0526. The molecule has 0 saturated carbocycles. The lowest BCUT2D eigenvalue weighted by Gasteiger charge is -2.20. The van der Waals surface area contributed by atoms with Crippen molar-refractivity contribution in [2.75, 3.05) is 6.79 Å². The minimum absolute atomic E-state index is 0.305. The lowest BCUT2D eigenvalue weighted by molar-refractivity contribution is 0.174. The molecule has 0 radical (unpaired) electrons. The van der Waals surface area contributed by atoms with E-state index in [4.69, 9.17) is 9.47 Å². The summed E-state index contributed by atoms with van der Waals surface area (Å²) in [6, 6.07) is 27.4. The van der Waals surface area contributed by atoms with Crippen molar-refractivity contribution in [2.45, 2.75) is 0 Å². The van der Waals surface area contributed by atoms with Gasteiger partial charge in [0.25, 0.3) is 0 Å². The first-order valence-corrected chi connectivity index (χ1v) is 8.56. The standard InChI is InChI=1S/C19H15O2P/c1-3-8-15(9-4-1)22(16-10-5-2-6-11-16)18-13-7-12-17-19(18)21-14-20-17/h1-13H,14H2. The molecule has 0 aliphatic carbocycles. The predicted molar refractivity (Wildman–Crippen MR) is 91.3 cm³/mol. The molecule has 3 aromatic rings. The average molecular weight is 306 g/mol. The molecule has 1 aliphatic heterocycles. The Morgan fingerprint density at radius 2 is 1.27 bits per heavy atom. The second kappa shape index (κ2) is 5.82. The molecule has 0 atom stereocenters. The van der Waals surface area contributed by atoms with E-state index in [2.05, 4.69) is 66.7 Å². The van der Waals surface area contributed by atoms with Gasteiger partial charge in [0.2, 0.25) is 6.79 Å². The van der Waals surface area contributed by atoms with Gasteiger partial charge in [-0.3, -0.25) is 0 Å². The predicted octanol–water partition coefficient (Wildman–Crippen LogP) is 3.17. The number of benzene rings is 3. The average Bonchev–Trinajstić information content (AvgIpc) is 3.07. The van der Waals surface area contributed by atoms with Gasteiger partial charge in [-0.05, 0) is 30.7 Å². The second-order valence-corrected chi connectivity index (χ2v) is 7.20. The van der Waals surface area contributed by atoms with Gasteiger partial charge in [-0.25, -0.2) is 0 Å². The summed E-state index contributed by atoms with van der Waals surface area (Å²) in [5.41, 5.74) is 0. The fourth-order valence-electron chi connectivity index (χ4n) is 2.67. The van der Waals surface area contributed by atoms with Crippen molar-refractivity contribution in [1.29, 1.82) is 0 Å². The second-order valence-electron chi connectivity index (χ2n) is 5.02. The monoisotopic (exact) mass is 306 g/mol. The zero-order chi connectivity index (χ0) is 14.8. The van der Waals surface area contributed by atoms with Crippen LogP contribution in [0.2, 0.25) is 0 Å². The molecule has 0 unspecified atom stereocenters. The van der Waals surface area contributed by atoms with Crippen molar-refractivity contribution in [2.24, 2.45) is 0 Å². The van der Waals surface area contributed by atoms with Crippen molar-refractivity contribution in [1.82, 2.24) is 0 Å². The molecule has 108 valence electrons. The highest BCUT2D eigenvalue weighted by atomic mass is 31.1. The van der Waals surface area contributed by atoms with E-state index in [1.807, 2.05) is 12.1 Å². The molecule has 0 fully saturated rings. The zero-order valence-electron chi connectivity index (χ0n) is 12.0. The van der Waals surface area contributed by atoms with Gasteiger partial charge in [-0.2, -0.15) is 0 Å². The van der Waals surface area contributed by atoms with Crippen LogP contribution in [0.1, 0.15) is 0 Å². The largest absolute Gasteiger partial charge is 0.454 e. The van der Waals surface area contributed by atoms with E-state index in [1.54, 1.807) is 0 Å². The van der Waals surface area contributed by atoms with Gasteiger partial charge in [0.1, 0.15) is 0 Å². The molecule has 22 heavy (non-hydrogen) atoms. The van der Waals surface area contributed by atoms with Crippen LogP contribution in [-0.4, -0.2) is 6.79 Å². The molecule has 1 aliphatic rings. The number of ether oxygens (including phenoxy) is 2. The summed E-state index contributed by atoms with van der Waals surface area (Å²) in [4.78, 5) is 0. The van der Waals surface area contributed by atoms with E-state index in [0.717, 1.165) is 11.5 Å². The van der Waals surface area contributed by atoms with E-state index < -0.39 is 7.92 Å². The summed E-state index contributed by atoms with van der Waals surface area (Å²) in [5, 5.41) is 3.84. The van der Waals surface area contributed by atoms with E-state index in [1.165, 1.54) is 15.9 Å². The van der Waals surface area contributed by atoms with Gasteiger partial charge in [0.05, 0.1) is 0 Å². The molecule has 0 N–H and O–H groups in total. The van der Waals surface area contributed by atoms with Crippen LogP contribution in [0.4, 0.5) is 0 Å². The topological polar surface area (TPSA) is 18.5 Å². The Bertz CT molecular complexity index is 732. The normalized spacial score (nSPS) is 12.6. The Hall–Kier alpha value is -2.31. The maximum Gasteiger partial charge on any atom is 0.231 e. The summed E-state index contributed by atoms with van der Waals surface area (Å²) in [5.74, 6) is 1.73. The quantitative estimate of drug-likeness (QED) is 0.692. The van der Waals surface area contributed by atoms with Gasteiger partial charge >= 0.3 is 0 Å². The lowest BCUT2D eigenvalue weighted by atomic mass is 10.3. The third-order valence-corrected chi connectivity index (χ3v) is 6.11. The van der Waals surface area contributed by atoms with E-state index in [0.29, 0.717) is 6.79 Å². The third-order valence-electron chi connectivity index (χ3n) is 3.65. The van der Waals surface area contributed by atoms with E-state index in [-0.39, 0.29) is 0 Å². The van der Waals surface area contributed by atoms with Crippen molar-refractivity contribution in [3.05, 3.63) is 78.9 Å². The van der Waals surface area contributed by atoms with Crippen molar-refractivity contribution >= 4 is 23.8 Å². The molecular weight excluding hydrogens is 291 g/mol. The van der Waals surface area contributed by atoms with Crippen molar-refractivity contribution < 1.29 is 9.47 Å². The Kier molecular flexibility index (Phi) is 3.54. The first-order valence-electron chi connectivity index (χ1n) is 7.22. The highest BCUT2D eigenvalue weighted by molar-refractivity contribution is 7.80. The minimum atomic E-state index is -0.654. The highest BCUT2D eigenvalue weighted by Gasteiger charge is 2.25. The summed E-state index contributed by atoms with van der Waals surface area (Å²) in [6.07, 6.45) is 0. The summed E-state index contributed by atoms with van der Waals surface area (Å²) >= 11 is 0. The van der Waals surface area contributed by atoms with Gasteiger partial charge in [0, 0.05) is 5.30 Å². The van der Waals surface area contributed by atoms with Crippen LogP contribution < -0.4 is 25.4 Å². The van der Waals surface area contributed by atoms with Crippen LogP contribution in [0.15, 0.2) is 78.9 Å². The molecular formula is C19H15O2P. The first-order chi connectivity index (χ1) is 10.9. The zero-order valence-corrected chi connectivity index (χ0v) is 12.9. The van der Waals surface area contributed by atoms with Gasteiger partial charge in [-0.15, -0.1) is 0 Å². The summed E-state index contributed by atoms with van der Waals surface area (Å²) in [6.45, 7) is 0.305. The Morgan fingerprint density at radius 1 is 0.636 bits per heavy atom. The molecule has 0 amide bonds. The first kappa shape index (κ1) is 13.4. The summed E-state index contributed by atoms with van der Waals surface area (Å²) in [7, 11) is -0.654. The SMILES string of the molecule is c1ccc(P(c2ccccc2)c2cccc3c2OCO3)cc1. The fourth-order valence-corrected chi connectivity index (χ4v) is 5.08. The smallest absolute Gasteiger partial charge is 0.231 e. The van der Waals surface area contributed by atoms with Crippen LogP contribution in [0, 0.1) is 0 Å². The maximum atomic E-state index is 5.75. The summed E-state index contributed by atoms with van der Waals surface area (Å²) < 4.78 is 11.3. The highest BCUT2D eigenvalue weighted by Crippen LogP contribution is 2.41. The van der Waals surface area contributed by atoms with E-state index >= 15 is 0 Å². The molecule has 1 heterocycles. The minimum Gasteiger partial charge on any atom is -0.454 e. The lowest BCUT2D eigenvalue weighted by Crippen LogP contribution is -2.21. The van der Waals surface area contributed by atoms with Crippen LogP contribution in [-0.2, 0) is 0 Å². The number of hydrogen-bond acceptors (Lipinski definition) is 2. The Balaban J connectivity index is 1.91. The molecule has 3 aromatic carbocycles. The number of para-hydroxylation sites is 1. The van der Waals surface area contributed by atoms with Crippen LogP contribution in [0.5, 0.6) is 11.5 Å². The molecule has 3 heteroatoms. The van der Waals surface area contributed by atoms with Crippen molar-refractivity contribution in [3.8, 4) is 11.5 Å². The molecule has 0 spiro atoms. The molecule has 4 rings (SSSR count). The van der Waals surface area contributed by atoms with Crippen LogP contribution >= 0.6 is 7.92 Å². The van der Waals surface area contributed by atoms with Gasteiger partial charge in [-0.1, -0.05) is 66.7 Å². The van der Waals surface area contributed by atoms with E-state index in [9.17, 15) is 0 Å². The van der Waals surface area contributed by atoms with Crippen LogP contribution in [0.3, 0.4) is 0 Å². The van der Waals surface area contributed by atoms with Gasteiger partial charge < -0.3 is 9.47 Å².